The van der Waals surface area contributed by atoms with Gasteiger partial charge in [-0.05, 0) is 24.3 Å². The van der Waals surface area contributed by atoms with E-state index in [1.54, 1.807) is 12.1 Å². The molecule has 1 aliphatic rings. The van der Waals surface area contributed by atoms with Crippen molar-refractivity contribution in [2.24, 2.45) is 5.73 Å². The van der Waals surface area contributed by atoms with Crippen LogP contribution in [0, 0.1) is 0 Å². The standard InChI is InChI=1S/C21H17NO10/c22-14-11-29-20(30-14)21(19(27)28,32-18(26)13-9-5-2-6-10-13)15(16(23)24)31-17(25)12-7-3-1-4-8-12/h1-11,15,20H,22H2,(H,23,24)(H,27,28)/t15-,20?,21+/m0/s1. The number of carboxylic acid groups (broad SMARTS) is 2. The molecule has 0 amide bonds. The molecular formula is C21H17NO10. The van der Waals surface area contributed by atoms with E-state index < -0.39 is 47.8 Å². The summed E-state index contributed by atoms with van der Waals surface area (Å²) < 4.78 is 20.2. The van der Waals surface area contributed by atoms with Crippen molar-refractivity contribution in [1.29, 1.82) is 0 Å². The van der Waals surface area contributed by atoms with E-state index in [1.165, 1.54) is 48.5 Å². The Kier molecular flexibility index (Phi) is 6.29. The van der Waals surface area contributed by atoms with E-state index in [1.807, 2.05) is 0 Å². The molecule has 0 radical (unpaired) electrons. The Hall–Kier alpha value is -4.54. The molecule has 0 aromatic heterocycles. The van der Waals surface area contributed by atoms with Gasteiger partial charge in [0.25, 0.3) is 12.4 Å². The third kappa shape index (κ3) is 4.31. The topological polar surface area (TPSA) is 172 Å². The molecule has 2 aromatic rings. The maximum absolute atomic E-state index is 12.7. The summed E-state index contributed by atoms with van der Waals surface area (Å²) in [5, 5.41) is 19.8. The molecule has 4 N–H and O–H groups in total. The van der Waals surface area contributed by atoms with Crippen LogP contribution in [0.25, 0.3) is 0 Å². The van der Waals surface area contributed by atoms with Crippen LogP contribution in [0.5, 0.6) is 0 Å². The van der Waals surface area contributed by atoms with E-state index in [0.717, 1.165) is 6.26 Å². The highest BCUT2D eigenvalue weighted by atomic mass is 16.7. The predicted molar refractivity (Wildman–Crippen MR) is 104 cm³/mol. The summed E-state index contributed by atoms with van der Waals surface area (Å²) >= 11 is 0. The number of carbonyl (C=O) groups excluding carboxylic acids is 2. The molecule has 11 nitrogen and oxygen atoms in total. The number of rotatable bonds is 8. The first kappa shape index (κ1) is 22.2. The van der Waals surface area contributed by atoms with Gasteiger partial charge in [0.2, 0.25) is 5.88 Å². The van der Waals surface area contributed by atoms with Crippen molar-refractivity contribution in [2.45, 2.75) is 18.0 Å². The summed E-state index contributed by atoms with van der Waals surface area (Å²) in [5.41, 5.74) is 2.12. The van der Waals surface area contributed by atoms with Gasteiger partial charge in [0.15, 0.2) is 0 Å². The van der Waals surface area contributed by atoms with Crippen LogP contribution in [0.15, 0.2) is 72.8 Å². The highest BCUT2D eigenvalue weighted by Gasteiger charge is 2.65. The number of nitrogens with two attached hydrogens (primary N) is 1. The van der Waals surface area contributed by atoms with Gasteiger partial charge in [-0.2, -0.15) is 0 Å². The average Bonchev–Trinajstić information content (AvgIpc) is 3.23. The van der Waals surface area contributed by atoms with E-state index in [4.69, 9.17) is 24.7 Å². The molecule has 0 spiro atoms. The second-order valence-electron chi connectivity index (χ2n) is 6.45. The summed E-state index contributed by atoms with van der Waals surface area (Å²) in [5.74, 6) is -6.76. The number of carboxylic acids is 2. The summed E-state index contributed by atoms with van der Waals surface area (Å²) in [6.07, 6.45) is -3.85. The Morgan fingerprint density at radius 2 is 1.44 bits per heavy atom. The molecule has 32 heavy (non-hydrogen) atoms. The van der Waals surface area contributed by atoms with E-state index in [9.17, 15) is 29.4 Å². The fourth-order valence-electron chi connectivity index (χ4n) is 2.84. The van der Waals surface area contributed by atoms with Crippen molar-refractivity contribution in [3.8, 4) is 0 Å². The minimum absolute atomic E-state index is 0.0710. The smallest absolute Gasteiger partial charge is 0.361 e. The maximum Gasteiger partial charge on any atom is 0.361 e. The minimum Gasteiger partial charge on any atom is -0.478 e. The first-order chi connectivity index (χ1) is 15.3. The van der Waals surface area contributed by atoms with E-state index in [2.05, 4.69) is 0 Å². The molecule has 0 saturated heterocycles. The molecule has 1 unspecified atom stereocenters. The van der Waals surface area contributed by atoms with Gasteiger partial charge in [-0.1, -0.05) is 36.4 Å². The lowest BCUT2D eigenvalue weighted by Gasteiger charge is -2.35. The van der Waals surface area contributed by atoms with Crippen LogP contribution in [-0.2, 0) is 28.5 Å². The van der Waals surface area contributed by atoms with Crippen molar-refractivity contribution in [3.05, 3.63) is 83.9 Å². The zero-order valence-electron chi connectivity index (χ0n) is 16.2. The van der Waals surface area contributed by atoms with Crippen LogP contribution in [-0.4, -0.2) is 52.1 Å². The van der Waals surface area contributed by atoms with Crippen molar-refractivity contribution in [3.63, 3.8) is 0 Å². The molecule has 2 aromatic carbocycles. The lowest BCUT2D eigenvalue weighted by Crippen LogP contribution is -2.65. The zero-order chi connectivity index (χ0) is 23.3. The number of esters is 2. The fourth-order valence-corrected chi connectivity index (χ4v) is 2.84. The lowest BCUT2D eigenvalue weighted by atomic mass is 9.94. The van der Waals surface area contributed by atoms with Gasteiger partial charge in [0, 0.05) is 0 Å². The molecule has 0 aliphatic carbocycles. The Labute approximate surface area is 180 Å². The molecule has 0 saturated carbocycles. The number of ether oxygens (including phenoxy) is 4. The van der Waals surface area contributed by atoms with Gasteiger partial charge in [0.05, 0.1) is 11.1 Å². The highest BCUT2D eigenvalue weighted by Crippen LogP contribution is 2.33. The fraction of sp³-hybridized carbons (Fsp3) is 0.143. The van der Waals surface area contributed by atoms with Crippen LogP contribution in [0.1, 0.15) is 20.7 Å². The number of hydrogen-bond acceptors (Lipinski definition) is 9. The monoisotopic (exact) mass is 443 g/mol. The molecule has 0 bridgehead atoms. The summed E-state index contributed by atoms with van der Waals surface area (Å²) in [7, 11) is 0. The zero-order valence-corrected chi connectivity index (χ0v) is 16.2. The van der Waals surface area contributed by atoms with E-state index >= 15 is 0 Å². The van der Waals surface area contributed by atoms with Crippen LogP contribution < -0.4 is 5.73 Å². The van der Waals surface area contributed by atoms with Gasteiger partial charge in [-0.25, -0.2) is 19.2 Å². The molecule has 166 valence electrons. The Bertz CT molecular complexity index is 1050. The first-order valence-corrected chi connectivity index (χ1v) is 9.04. The van der Waals surface area contributed by atoms with Gasteiger partial charge < -0.3 is 34.9 Å². The van der Waals surface area contributed by atoms with Crippen molar-refractivity contribution in [2.75, 3.05) is 0 Å². The second kappa shape index (κ2) is 9.08. The van der Waals surface area contributed by atoms with E-state index in [-0.39, 0.29) is 11.1 Å². The molecule has 3 rings (SSSR count). The largest absolute Gasteiger partial charge is 0.478 e. The van der Waals surface area contributed by atoms with Gasteiger partial charge >= 0.3 is 29.5 Å². The Morgan fingerprint density at radius 3 is 1.88 bits per heavy atom. The SMILES string of the molecule is NC1=COC([C@](OC(=O)c2ccccc2)(C(=O)O)[C@@H](OC(=O)c2ccccc2)C(=O)O)O1. The summed E-state index contributed by atoms with van der Waals surface area (Å²) in [6, 6.07) is 14.4. The Balaban J connectivity index is 2.05. The van der Waals surface area contributed by atoms with Crippen LogP contribution in [0.4, 0.5) is 0 Å². The number of benzene rings is 2. The third-order valence-corrected chi connectivity index (χ3v) is 4.35. The van der Waals surface area contributed by atoms with Gasteiger partial charge in [0.1, 0.15) is 6.26 Å². The molecule has 0 fully saturated rings. The number of hydrogen-bond donors (Lipinski definition) is 3. The minimum atomic E-state index is -3.17. The molecule has 1 heterocycles. The number of aliphatic carboxylic acids is 2. The third-order valence-electron chi connectivity index (χ3n) is 4.35. The van der Waals surface area contributed by atoms with E-state index in [0.29, 0.717) is 0 Å². The molecule has 11 heteroatoms. The first-order valence-electron chi connectivity index (χ1n) is 9.04. The van der Waals surface area contributed by atoms with Crippen LogP contribution in [0.3, 0.4) is 0 Å². The summed E-state index contributed by atoms with van der Waals surface area (Å²) in [6.45, 7) is 0. The number of carbonyl (C=O) groups is 4. The van der Waals surface area contributed by atoms with Crippen molar-refractivity contribution >= 4 is 23.9 Å². The van der Waals surface area contributed by atoms with Crippen LogP contribution >= 0.6 is 0 Å². The molecule has 3 atom stereocenters. The average molecular weight is 443 g/mol. The summed E-state index contributed by atoms with van der Waals surface area (Å²) in [4.78, 5) is 49.7. The van der Waals surface area contributed by atoms with Gasteiger partial charge in [-0.15, -0.1) is 0 Å². The van der Waals surface area contributed by atoms with Crippen molar-refractivity contribution in [1.82, 2.24) is 0 Å². The molecule has 1 aliphatic heterocycles. The maximum atomic E-state index is 12.7. The predicted octanol–water partition coefficient (Wildman–Crippen LogP) is 1.11. The van der Waals surface area contributed by atoms with Crippen LogP contribution in [0.2, 0.25) is 0 Å². The molecular weight excluding hydrogens is 426 g/mol. The van der Waals surface area contributed by atoms with Crippen molar-refractivity contribution < 1.29 is 48.3 Å². The van der Waals surface area contributed by atoms with Gasteiger partial charge in [-0.3, -0.25) is 0 Å². The lowest BCUT2D eigenvalue weighted by molar-refractivity contribution is -0.231. The quantitative estimate of drug-likeness (QED) is 0.499. The highest BCUT2D eigenvalue weighted by molar-refractivity contribution is 5.97. The Morgan fingerprint density at radius 1 is 0.906 bits per heavy atom. The normalized spacial score (nSPS) is 17.5. The second-order valence-corrected chi connectivity index (χ2v) is 6.45.